The molecule has 2 N–H and O–H groups in total. The molecule has 0 aliphatic heterocycles. The highest BCUT2D eigenvalue weighted by molar-refractivity contribution is 6.05. The standard InChI is InChI=1S/C31H29N3O7/c1-20(18-29(35)23-10-12-25(13-11-23)34(38)39)32-28(31(36)37)19-22-8-14-26(15-9-22)40-17-16-27-21(2)41-30(33-27)24-6-4-3-5-7-24/h3-15,18,28,32H,16-17,19H2,1-2H3,(H,36,37)/b20-18-/t28-/m0/s1. The normalized spacial score (nSPS) is 12.0. The average molecular weight is 556 g/mol. The minimum Gasteiger partial charge on any atom is -0.493 e. The van der Waals surface area contributed by atoms with Gasteiger partial charge in [-0.3, -0.25) is 14.9 Å². The smallest absolute Gasteiger partial charge is 0.326 e. The van der Waals surface area contributed by atoms with Crippen molar-refractivity contribution >= 4 is 17.4 Å². The van der Waals surface area contributed by atoms with Gasteiger partial charge in [-0.1, -0.05) is 30.3 Å². The van der Waals surface area contributed by atoms with E-state index in [0.29, 0.717) is 30.4 Å². The number of carboxylic acids is 1. The maximum absolute atomic E-state index is 12.5. The fourth-order valence-electron chi connectivity index (χ4n) is 4.13. The van der Waals surface area contributed by atoms with Crippen molar-refractivity contribution in [2.75, 3.05) is 6.61 Å². The molecule has 0 fully saturated rings. The van der Waals surface area contributed by atoms with Gasteiger partial charge < -0.3 is 19.6 Å². The second kappa shape index (κ2) is 13.2. The lowest BCUT2D eigenvalue weighted by Crippen LogP contribution is -2.37. The summed E-state index contributed by atoms with van der Waals surface area (Å²) in [5.74, 6) is 0.493. The highest BCUT2D eigenvalue weighted by Gasteiger charge is 2.19. The molecule has 0 bridgehead atoms. The molecule has 1 atom stereocenters. The number of hydrogen-bond donors (Lipinski definition) is 2. The number of nitrogens with zero attached hydrogens (tertiary/aromatic N) is 2. The summed E-state index contributed by atoms with van der Waals surface area (Å²) in [5, 5.41) is 23.4. The van der Waals surface area contributed by atoms with E-state index in [1.54, 1.807) is 31.2 Å². The summed E-state index contributed by atoms with van der Waals surface area (Å²) in [6.45, 7) is 3.86. The Hall–Kier alpha value is -5.25. The number of oxazole rings is 1. The highest BCUT2D eigenvalue weighted by atomic mass is 16.6. The minimum absolute atomic E-state index is 0.120. The van der Waals surface area contributed by atoms with Gasteiger partial charge in [0.15, 0.2) is 5.78 Å². The summed E-state index contributed by atoms with van der Waals surface area (Å²) >= 11 is 0. The second-order valence-electron chi connectivity index (χ2n) is 9.37. The van der Waals surface area contributed by atoms with E-state index < -0.39 is 22.7 Å². The second-order valence-corrected chi connectivity index (χ2v) is 9.37. The molecule has 0 amide bonds. The third kappa shape index (κ3) is 7.89. The van der Waals surface area contributed by atoms with Crippen LogP contribution in [-0.2, 0) is 17.6 Å². The van der Waals surface area contributed by atoms with Crippen molar-refractivity contribution in [2.24, 2.45) is 0 Å². The van der Waals surface area contributed by atoms with Crippen LogP contribution in [0.3, 0.4) is 0 Å². The lowest BCUT2D eigenvalue weighted by atomic mass is 10.0. The van der Waals surface area contributed by atoms with Gasteiger partial charge in [0.25, 0.3) is 5.69 Å². The molecule has 4 rings (SSSR count). The van der Waals surface area contributed by atoms with E-state index >= 15 is 0 Å². The fraction of sp³-hybridized carbons (Fsp3) is 0.194. The van der Waals surface area contributed by atoms with Crippen LogP contribution in [0.5, 0.6) is 5.75 Å². The van der Waals surface area contributed by atoms with Crippen molar-refractivity contribution in [1.29, 1.82) is 0 Å². The predicted octanol–water partition coefficient (Wildman–Crippen LogP) is 5.55. The lowest BCUT2D eigenvalue weighted by molar-refractivity contribution is -0.384. The Morgan fingerprint density at radius 3 is 2.39 bits per heavy atom. The summed E-state index contributed by atoms with van der Waals surface area (Å²) in [6, 6.07) is 21.1. The zero-order chi connectivity index (χ0) is 29.4. The first-order chi connectivity index (χ1) is 19.7. The third-order valence-corrected chi connectivity index (χ3v) is 6.29. The molecule has 0 aliphatic rings. The van der Waals surface area contributed by atoms with E-state index in [4.69, 9.17) is 9.15 Å². The number of carbonyl (C=O) groups excluding carboxylic acids is 1. The molecule has 41 heavy (non-hydrogen) atoms. The van der Waals surface area contributed by atoms with Crippen LogP contribution < -0.4 is 10.1 Å². The van der Waals surface area contributed by atoms with Gasteiger partial charge in [-0.2, -0.15) is 0 Å². The van der Waals surface area contributed by atoms with E-state index in [9.17, 15) is 24.8 Å². The van der Waals surface area contributed by atoms with Gasteiger partial charge in [0, 0.05) is 47.9 Å². The van der Waals surface area contributed by atoms with Crippen LogP contribution in [0.15, 0.2) is 95.1 Å². The molecule has 0 saturated heterocycles. The van der Waals surface area contributed by atoms with Gasteiger partial charge in [0.05, 0.1) is 17.2 Å². The van der Waals surface area contributed by atoms with E-state index in [0.717, 1.165) is 22.6 Å². The maximum Gasteiger partial charge on any atom is 0.326 e. The molecule has 0 spiro atoms. The molecule has 3 aromatic carbocycles. The minimum atomic E-state index is -1.07. The van der Waals surface area contributed by atoms with Gasteiger partial charge in [0.1, 0.15) is 17.6 Å². The van der Waals surface area contributed by atoms with Crippen molar-refractivity contribution < 1.29 is 28.8 Å². The number of nitro benzene ring substituents is 1. The third-order valence-electron chi connectivity index (χ3n) is 6.29. The first kappa shape index (κ1) is 28.8. The molecule has 1 heterocycles. The van der Waals surface area contributed by atoms with Crippen LogP contribution >= 0.6 is 0 Å². The van der Waals surface area contributed by atoms with E-state index in [1.807, 2.05) is 37.3 Å². The summed E-state index contributed by atoms with van der Waals surface area (Å²) in [6.07, 6.45) is 2.01. The molecule has 10 nitrogen and oxygen atoms in total. The number of non-ortho nitro benzene ring substituents is 1. The van der Waals surface area contributed by atoms with Crippen molar-refractivity contribution in [3.05, 3.63) is 123 Å². The van der Waals surface area contributed by atoms with Crippen molar-refractivity contribution in [3.8, 4) is 17.2 Å². The SMILES string of the molecule is C/C(=C/C(=O)c1ccc([N+](=O)[O-])cc1)N[C@@H](Cc1ccc(OCCc2nc(-c3ccccc3)oc2C)cc1)C(=O)O. The van der Waals surface area contributed by atoms with Gasteiger partial charge >= 0.3 is 5.97 Å². The van der Waals surface area contributed by atoms with Gasteiger partial charge in [0.2, 0.25) is 5.89 Å². The number of nitro groups is 1. The first-order valence-corrected chi connectivity index (χ1v) is 12.9. The molecule has 0 unspecified atom stereocenters. The van der Waals surface area contributed by atoms with Crippen LogP contribution in [0.4, 0.5) is 5.69 Å². The van der Waals surface area contributed by atoms with Crippen molar-refractivity contribution in [1.82, 2.24) is 10.3 Å². The van der Waals surface area contributed by atoms with E-state index in [-0.39, 0.29) is 17.7 Å². The molecule has 1 aromatic heterocycles. The van der Waals surface area contributed by atoms with Crippen molar-refractivity contribution in [3.63, 3.8) is 0 Å². The predicted molar refractivity (Wildman–Crippen MR) is 152 cm³/mol. The highest BCUT2D eigenvalue weighted by Crippen LogP contribution is 2.22. The van der Waals surface area contributed by atoms with E-state index in [1.165, 1.54) is 30.3 Å². The summed E-state index contributed by atoms with van der Waals surface area (Å²) in [4.78, 5) is 39.2. The summed E-state index contributed by atoms with van der Waals surface area (Å²) in [7, 11) is 0. The number of carbonyl (C=O) groups is 2. The van der Waals surface area contributed by atoms with Gasteiger partial charge in [-0.05, 0) is 55.8 Å². The number of ketones is 1. The van der Waals surface area contributed by atoms with Crippen LogP contribution in [-0.4, -0.2) is 39.4 Å². The number of aryl methyl sites for hydroxylation is 1. The number of aliphatic carboxylic acids is 1. The number of allylic oxidation sites excluding steroid dienone is 2. The largest absolute Gasteiger partial charge is 0.493 e. The zero-order valence-electron chi connectivity index (χ0n) is 22.6. The number of hydrogen-bond acceptors (Lipinski definition) is 8. The van der Waals surface area contributed by atoms with Crippen LogP contribution in [0.2, 0.25) is 0 Å². The molecular weight excluding hydrogens is 526 g/mol. The Labute approximate surface area is 236 Å². The molecule has 0 aliphatic carbocycles. The number of nitrogens with one attached hydrogen (secondary N) is 1. The van der Waals surface area contributed by atoms with Crippen molar-refractivity contribution in [2.45, 2.75) is 32.7 Å². The molecule has 0 radical (unpaired) electrons. The Balaban J connectivity index is 1.30. The number of aromatic nitrogens is 1. The summed E-state index contributed by atoms with van der Waals surface area (Å²) in [5.41, 5.74) is 3.01. The first-order valence-electron chi connectivity index (χ1n) is 12.9. The van der Waals surface area contributed by atoms with Crippen LogP contribution in [0, 0.1) is 17.0 Å². The average Bonchev–Trinajstić information content (AvgIpc) is 3.34. The number of carboxylic acid groups (broad SMARTS) is 1. The van der Waals surface area contributed by atoms with Crippen LogP contribution in [0.25, 0.3) is 11.5 Å². The zero-order valence-corrected chi connectivity index (χ0v) is 22.6. The maximum atomic E-state index is 12.5. The topological polar surface area (TPSA) is 145 Å². The Bertz CT molecular complexity index is 1540. The molecule has 10 heteroatoms. The Kier molecular flexibility index (Phi) is 9.26. The Morgan fingerprint density at radius 1 is 1.07 bits per heavy atom. The number of ether oxygens (including phenoxy) is 1. The quantitative estimate of drug-likeness (QED) is 0.0938. The molecular formula is C31H29N3O7. The number of benzene rings is 3. The monoisotopic (exact) mass is 555 g/mol. The summed E-state index contributed by atoms with van der Waals surface area (Å²) < 4.78 is 11.7. The van der Waals surface area contributed by atoms with Gasteiger partial charge in [-0.15, -0.1) is 0 Å². The lowest BCUT2D eigenvalue weighted by Gasteiger charge is -2.16. The number of rotatable bonds is 13. The fourth-order valence-corrected chi connectivity index (χ4v) is 4.13. The Morgan fingerprint density at radius 2 is 1.76 bits per heavy atom. The van der Waals surface area contributed by atoms with Crippen LogP contribution in [0.1, 0.15) is 34.3 Å². The molecule has 4 aromatic rings. The van der Waals surface area contributed by atoms with E-state index in [2.05, 4.69) is 10.3 Å². The van der Waals surface area contributed by atoms with Gasteiger partial charge in [-0.25, -0.2) is 9.78 Å². The molecule has 210 valence electrons. The molecule has 0 saturated carbocycles.